The van der Waals surface area contributed by atoms with Crippen molar-refractivity contribution in [2.24, 2.45) is 0 Å². The summed E-state index contributed by atoms with van der Waals surface area (Å²) >= 11 is 3.39. The highest BCUT2D eigenvalue weighted by atomic mass is 79.9. The maximum atomic E-state index is 12.1. The predicted molar refractivity (Wildman–Crippen MR) is 81.5 cm³/mol. The Hall–Kier alpha value is -2.48. The van der Waals surface area contributed by atoms with Crippen LogP contribution in [0.3, 0.4) is 0 Å². The third-order valence-electron chi connectivity index (χ3n) is 3.46. The maximum absolute atomic E-state index is 12.1. The first-order valence-corrected chi connectivity index (χ1v) is 7.40. The minimum Gasteiger partial charge on any atom is -0.446 e. The van der Waals surface area contributed by atoms with Crippen LogP contribution < -0.4 is 4.90 Å². The van der Waals surface area contributed by atoms with Gasteiger partial charge in [-0.05, 0) is 34.1 Å². The Labute approximate surface area is 133 Å². The van der Waals surface area contributed by atoms with E-state index in [4.69, 9.17) is 4.74 Å². The molecule has 0 radical (unpaired) electrons. The molecule has 1 amide bonds. The van der Waals surface area contributed by atoms with E-state index in [1.165, 1.54) is 4.90 Å². The smallest absolute Gasteiger partial charge is 0.416 e. The number of cyclic esters (lactones) is 1. The van der Waals surface area contributed by atoms with Crippen LogP contribution in [0.15, 0.2) is 47.3 Å². The Kier molecular flexibility index (Phi) is 3.04. The van der Waals surface area contributed by atoms with Crippen molar-refractivity contribution in [2.45, 2.75) is 6.04 Å². The van der Waals surface area contributed by atoms with Gasteiger partial charge >= 0.3 is 6.09 Å². The summed E-state index contributed by atoms with van der Waals surface area (Å²) < 4.78 is 7.57. The van der Waals surface area contributed by atoms with Gasteiger partial charge in [0.25, 0.3) is 0 Å². The van der Waals surface area contributed by atoms with Crippen LogP contribution in [0, 0.1) is 0 Å². The van der Waals surface area contributed by atoms with Gasteiger partial charge in [-0.2, -0.15) is 5.10 Å². The van der Waals surface area contributed by atoms with Crippen molar-refractivity contribution in [3.63, 3.8) is 0 Å². The van der Waals surface area contributed by atoms with Gasteiger partial charge in [-0.3, -0.25) is 4.98 Å². The largest absolute Gasteiger partial charge is 0.446 e. The fraction of sp³-hybridized carbons (Fsp3) is 0.143. The highest BCUT2D eigenvalue weighted by molar-refractivity contribution is 9.10. The molecule has 0 aromatic carbocycles. The van der Waals surface area contributed by atoms with Gasteiger partial charge in [0.05, 0.1) is 16.4 Å². The quantitative estimate of drug-likeness (QED) is 0.703. The van der Waals surface area contributed by atoms with Crippen LogP contribution in [0.5, 0.6) is 0 Å². The minimum atomic E-state index is -0.428. The Bertz CT molecular complexity index is 851. The first kappa shape index (κ1) is 13.2. The van der Waals surface area contributed by atoms with Crippen molar-refractivity contribution in [1.82, 2.24) is 19.6 Å². The van der Waals surface area contributed by atoms with Gasteiger partial charge in [-0.1, -0.05) is 6.07 Å². The fourth-order valence-electron chi connectivity index (χ4n) is 2.43. The second-order valence-electron chi connectivity index (χ2n) is 4.76. The van der Waals surface area contributed by atoms with Gasteiger partial charge in [0.2, 0.25) is 0 Å². The summed E-state index contributed by atoms with van der Waals surface area (Å²) in [6, 6.07) is 7.03. The molecule has 0 N–H and O–H groups in total. The fourth-order valence-corrected chi connectivity index (χ4v) is 2.79. The zero-order chi connectivity index (χ0) is 15.1. The molecule has 3 aromatic heterocycles. The SMILES string of the molecule is O=C1OCC(c2ccccn2)N1c1ccn2ncc(Br)c2n1. The maximum Gasteiger partial charge on any atom is 0.416 e. The second-order valence-corrected chi connectivity index (χ2v) is 5.62. The van der Waals surface area contributed by atoms with Gasteiger partial charge in [0.15, 0.2) is 5.65 Å². The van der Waals surface area contributed by atoms with Crippen LogP contribution in [0.25, 0.3) is 5.65 Å². The molecule has 1 fully saturated rings. The molecule has 110 valence electrons. The number of pyridine rings is 1. The van der Waals surface area contributed by atoms with Crippen LogP contribution in [-0.4, -0.2) is 32.3 Å². The van der Waals surface area contributed by atoms with Crippen LogP contribution in [0.2, 0.25) is 0 Å². The number of halogens is 1. The number of carbonyl (C=O) groups is 1. The van der Waals surface area contributed by atoms with Crippen molar-refractivity contribution in [3.8, 4) is 0 Å². The van der Waals surface area contributed by atoms with E-state index in [1.807, 2.05) is 18.2 Å². The van der Waals surface area contributed by atoms with Gasteiger partial charge in [0.1, 0.15) is 18.5 Å². The number of aromatic nitrogens is 4. The summed E-state index contributed by atoms with van der Waals surface area (Å²) in [5.74, 6) is 0.506. The van der Waals surface area contributed by atoms with Gasteiger partial charge < -0.3 is 4.74 Å². The summed E-state index contributed by atoms with van der Waals surface area (Å²) in [6.45, 7) is 0.253. The van der Waals surface area contributed by atoms with Crippen molar-refractivity contribution in [1.29, 1.82) is 0 Å². The molecule has 1 aliphatic rings. The molecule has 22 heavy (non-hydrogen) atoms. The summed E-state index contributed by atoms with van der Waals surface area (Å²) in [7, 11) is 0. The zero-order valence-corrected chi connectivity index (χ0v) is 12.8. The third kappa shape index (κ3) is 2.03. The molecule has 1 unspecified atom stereocenters. The molecule has 7 nitrogen and oxygen atoms in total. The Morgan fingerprint density at radius 1 is 1.32 bits per heavy atom. The second kappa shape index (κ2) is 5.06. The highest BCUT2D eigenvalue weighted by Gasteiger charge is 2.37. The first-order valence-electron chi connectivity index (χ1n) is 6.61. The Morgan fingerprint density at radius 2 is 2.23 bits per heavy atom. The Balaban J connectivity index is 1.80. The third-order valence-corrected chi connectivity index (χ3v) is 4.02. The molecular weight excluding hydrogens is 350 g/mol. The van der Waals surface area contributed by atoms with E-state index >= 15 is 0 Å². The van der Waals surface area contributed by atoms with Crippen molar-refractivity contribution >= 4 is 33.5 Å². The van der Waals surface area contributed by atoms with Gasteiger partial charge in [-0.25, -0.2) is 19.2 Å². The molecule has 3 aromatic rings. The summed E-state index contributed by atoms with van der Waals surface area (Å²) in [5.41, 5.74) is 1.40. The molecule has 4 heterocycles. The standard InChI is InChI=1S/C14H10BrN5O2/c15-9-7-17-19-6-4-12(18-13(9)19)20-11(8-22-14(20)21)10-3-1-2-5-16-10/h1-7,11H,8H2. The molecule has 1 saturated heterocycles. The minimum absolute atomic E-state index is 0.253. The molecule has 0 saturated carbocycles. The molecule has 8 heteroatoms. The van der Waals surface area contributed by atoms with Crippen molar-refractivity contribution < 1.29 is 9.53 Å². The average Bonchev–Trinajstić information content (AvgIpc) is 3.11. The van der Waals surface area contributed by atoms with Crippen LogP contribution in [0.1, 0.15) is 11.7 Å². The van der Waals surface area contributed by atoms with E-state index < -0.39 is 6.09 Å². The normalized spacial score (nSPS) is 18.0. The lowest BCUT2D eigenvalue weighted by Gasteiger charge is -2.19. The number of ether oxygens (including phenoxy) is 1. The molecule has 0 spiro atoms. The van der Waals surface area contributed by atoms with E-state index in [1.54, 1.807) is 29.2 Å². The first-order chi connectivity index (χ1) is 10.7. The number of hydrogen-bond acceptors (Lipinski definition) is 5. The van der Waals surface area contributed by atoms with E-state index in [2.05, 4.69) is 31.0 Å². The van der Waals surface area contributed by atoms with Crippen LogP contribution in [0.4, 0.5) is 10.6 Å². The lowest BCUT2D eigenvalue weighted by Crippen LogP contribution is -2.28. The number of carbonyl (C=O) groups excluding carboxylic acids is 1. The van der Waals surface area contributed by atoms with E-state index in [0.29, 0.717) is 11.5 Å². The molecular formula is C14H10BrN5O2. The number of amides is 1. The number of rotatable bonds is 2. The summed E-state index contributed by atoms with van der Waals surface area (Å²) in [6.07, 6.45) is 4.68. The highest BCUT2D eigenvalue weighted by Crippen LogP contribution is 2.31. The van der Waals surface area contributed by atoms with Crippen LogP contribution >= 0.6 is 15.9 Å². The summed E-state index contributed by atoms with van der Waals surface area (Å²) in [4.78, 5) is 22.4. The topological polar surface area (TPSA) is 72.6 Å². The van der Waals surface area contributed by atoms with E-state index in [0.717, 1.165) is 10.2 Å². The van der Waals surface area contributed by atoms with Gasteiger partial charge in [0, 0.05) is 12.4 Å². The lowest BCUT2D eigenvalue weighted by molar-refractivity contribution is 0.178. The molecule has 0 aliphatic carbocycles. The number of hydrogen-bond donors (Lipinski definition) is 0. The van der Waals surface area contributed by atoms with Gasteiger partial charge in [-0.15, -0.1) is 0 Å². The van der Waals surface area contributed by atoms with Crippen molar-refractivity contribution in [2.75, 3.05) is 11.5 Å². The molecule has 0 bridgehead atoms. The Morgan fingerprint density at radius 3 is 3.05 bits per heavy atom. The van der Waals surface area contributed by atoms with Crippen molar-refractivity contribution in [3.05, 3.63) is 53.0 Å². The number of nitrogens with zero attached hydrogens (tertiary/aromatic N) is 5. The van der Waals surface area contributed by atoms with E-state index in [9.17, 15) is 4.79 Å². The zero-order valence-electron chi connectivity index (χ0n) is 11.3. The summed E-state index contributed by atoms with van der Waals surface area (Å²) in [5, 5.41) is 4.14. The monoisotopic (exact) mass is 359 g/mol. The predicted octanol–water partition coefficient (Wildman–Crippen LogP) is 2.58. The van der Waals surface area contributed by atoms with E-state index in [-0.39, 0.29) is 12.6 Å². The number of fused-ring (bicyclic) bond motifs is 1. The molecule has 1 atom stereocenters. The lowest BCUT2D eigenvalue weighted by atomic mass is 10.2. The number of anilines is 1. The van der Waals surface area contributed by atoms with Crippen LogP contribution in [-0.2, 0) is 4.74 Å². The molecule has 4 rings (SSSR count). The molecule has 1 aliphatic heterocycles. The average molecular weight is 360 g/mol.